The lowest BCUT2D eigenvalue weighted by Crippen LogP contribution is -2.37. The molecule has 6 heteroatoms. The van der Waals surface area contributed by atoms with Gasteiger partial charge in [-0.15, -0.1) is 0 Å². The Bertz CT molecular complexity index is 555. The van der Waals surface area contributed by atoms with E-state index in [1.54, 1.807) is 19.9 Å². The Hall–Kier alpha value is -0.620. The van der Waals surface area contributed by atoms with Gasteiger partial charge in [-0.3, -0.25) is 0 Å². The molecule has 1 N–H and O–H groups in total. The summed E-state index contributed by atoms with van der Waals surface area (Å²) in [5.74, 6) is 0. The number of nitrogens with zero attached hydrogens (tertiary/aromatic N) is 1. The van der Waals surface area contributed by atoms with Gasteiger partial charge in [-0.25, -0.2) is 8.42 Å². The molecular formula is C13H20ClNO3S. The summed E-state index contributed by atoms with van der Waals surface area (Å²) in [6.45, 7) is 7.29. The van der Waals surface area contributed by atoms with E-state index < -0.39 is 10.0 Å². The normalized spacial score (nSPS) is 12.4. The molecule has 1 aromatic carbocycles. The smallest absolute Gasteiger partial charge is 0.243 e. The van der Waals surface area contributed by atoms with Crippen LogP contribution in [0, 0.1) is 6.92 Å². The summed E-state index contributed by atoms with van der Waals surface area (Å²) < 4.78 is 26.7. The Labute approximate surface area is 120 Å². The van der Waals surface area contributed by atoms with Gasteiger partial charge in [-0.2, -0.15) is 4.31 Å². The van der Waals surface area contributed by atoms with Crippen LogP contribution in [0.3, 0.4) is 0 Å². The molecule has 0 atom stereocenters. The second-order valence-electron chi connectivity index (χ2n) is 4.65. The molecule has 0 unspecified atom stereocenters. The number of hydrogen-bond acceptors (Lipinski definition) is 3. The van der Waals surface area contributed by atoms with Crippen LogP contribution in [0.1, 0.15) is 31.9 Å². The van der Waals surface area contributed by atoms with Gasteiger partial charge in [0, 0.05) is 17.6 Å². The first-order valence-corrected chi connectivity index (χ1v) is 7.99. The van der Waals surface area contributed by atoms with Crippen molar-refractivity contribution in [3.8, 4) is 0 Å². The van der Waals surface area contributed by atoms with Gasteiger partial charge in [0.2, 0.25) is 10.0 Å². The van der Waals surface area contributed by atoms with E-state index in [1.165, 1.54) is 10.4 Å². The number of aliphatic hydroxyl groups excluding tert-OH is 1. The van der Waals surface area contributed by atoms with Crippen LogP contribution in [0.25, 0.3) is 0 Å². The van der Waals surface area contributed by atoms with Crippen molar-refractivity contribution in [1.82, 2.24) is 4.31 Å². The van der Waals surface area contributed by atoms with Crippen molar-refractivity contribution in [3.05, 3.63) is 28.3 Å². The van der Waals surface area contributed by atoms with Crippen molar-refractivity contribution >= 4 is 21.6 Å². The molecule has 0 aromatic heterocycles. The van der Waals surface area contributed by atoms with E-state index in [1.807, 2.05) is 13.8 Å². The van der Waals surface area contributed by atoms with Crippen molar-refractivity contribution in [2.45, 2.75) is 45.2 Å². The quantitative estimate of drug-likeness (QED) is 0.909. The van der Waals surface area contributed by atoms with Crippen LogP contribution in [0.5, 0.6) is 0 Å². The summed E-state index contributed by atoms with van der Waals surface area (Å²) in [6.07, 6.45) is 0. The minimum absolute atomic E-state index is 0.133. The topological polar surface area (TPSA) is 57.6 Å². The second-order valence-corrected chi connectivity index (χ2v) is 6.94. The minimum atomic E-state index is -3.60. The van der Waals surface area contributed by atoms with E-state index in [4.69, 9.17) is 11.6 Å². The molecule has 1 aromatic rings. The highest BCUT2D eigenvalue weighted by molar-refractivity contribution is 7.89. The van der Waals surface area contributed by atoms with E-state index >= 15 is 0 Å². The predicted molar refractivity (Wildman–Crippen MR) is 76.8 cm³/mol. The second kappa shape index (κ2) is 6.22. The summed E-state index contributed by atoms with van der Waals surface area (Å²) in [7, 11) is -3.60. The molecule has 0 aliphatic carbocycles. The molecule has 108 valence electrons. The van der Waals surface area contributed by atoms with Crippen LogP contribution < -0.4 is 0 Å². The number of rotatable bonds is 5. The molecule has 0 aliphatic rings. The first-order chi connectivity index (χ1) is 8.75. The Morgan fingerprint density at radius 2 is 1.95 bits per heavy atom. The largest absolute Gasteiger partial charge is 0.392 e. The summed E-state index contributed by atoms with van der Waals surface area (Å²) in [5, 5.41) is 9.58. The summed E-state index contributed by atoms with van der Waals surface area (Å²) in [5.41, 5.74) is 1.08. The van der Waals surface area contributed by atoms with Crippen LogP contribution in [0.4, 0.5) is 0 Å². The third-order valence-electron chi connectivity index (χ3n) is 3.08. The van der Waals surface area contributed by atoms with E-state index in [0.717, 1.165) is 0 Å². The molecule has 4 nitrogen and oxygen atoms in total. The van der Waals surface area contributed by atoms with Crippen LogP contribution in [0.15, 0.2) is 17.0 Å². The fourth-order valence-electron chi connectivity index (χ4n) is 2.08. The molecule has 0 spiro atoms. The molecule has 1 rings (SSSR count). The zero-order chi connectivity index (χ0) is 14.8. The van der Waals surface area contributed by atoms with E-state index in [2.05, 4.69) is 0 Å². The van der Waals surface area contributed by atoms with Gasteiger partial charge in [0.1, 0.15) is 0 Å². The lowest BCUT2D eigenvalue weighted by molar-refractivity contribution is 0.280. The van der Waals surface area contributed by atoms with Crippen molar-refractivity contribution in [3.63, 3.8) is 0 Å². The number of aliphatic hydroxyl groups is 1. The standard InChI is InChI=1S/C13H20ClNO3S/c1-5-15(9(2)3)19(17,18)13-7-12(14)6-11(8-16)10(13)4/h6-7,9,16H,5,8H2,1-4H3. The molecule has 0 saturated heterocycles. The van der Waals surface area contributed by atoms with Gasteiger partial charge in [0.15, 0.2) is 0 Å². The Balaban J connectivity index is 3.48. The highest BCUT2D eigenvalue weighted by Gasteiger charge is 2.28. The Kier molecular flexibility index (Phi) is 5.38. The van der Waals surface area contributed by atoms with E-state index in [0.29, 0.717) is 22.7 Å². The number of sulfonamides is 1. The lowest BCUT2D eigenvalue weighted by Gasteiger charge is -2.25. The van der Waals surface area contributed by atoms with Gasteiger partial charge < -0.3 is 5.11 Å². The van der Waals surface area contributed by atoms with E-state index in [-0.39, 0.29) is 17.5 Å². The summed E-state index contributed by atoms with van der Waals surface area (Å²) in [4.78, 5) is 0.166. The average molecular weight is 306 g/mol. The SMILES string of the molecule is CCN(C(C)C)S(=O)(=O)c1cc(Cl)cc(CO)c1C. The first kappa shape index (κ1) is 16.4. The Morgan fingerprint density at radius 1 is 1.37 bits per heavy atom. The van der Waals surface area contributed by atoms with Crippen LogP contribution in [0.2, 0.25) is 5.02 Å². The molecule has 0 saturated carbocycles. The molecular weight excluding hydrogens is 286 g/mol. The Morgan fingerprint density at radius 3 is 2.37 bits per heavy atom. The van der Waals surface area contributed by atoms with Crippen molar-refractivity contribution in [2.75, 3.05) is 6.54 Å². The molecule has 0 bridgehead atoms. The zero-order valence-corrected chi connectivity index (χ0v) is 13.2. The maximum Gasteiger partial charge on any atom is 0.243 e. The number of benzene rings is 1. The van der Waals surface area contributed by atoms with Gasteiger partial charge in [-0.05, 0) is 44.0 Å². The highest BCUT2D eigenvalue weighted by Crippen LogP contribution is 2.27. The molecule has 0 aliphatic heterocycles. The molecule has 0 amide bonds. The third-order valence-corrected chi connectivity index (χ3v) is 5.57. The van der Waals surface area contributed by atoms with Gasteiger partial charge in [0.05, 0.1) is 11.5 Å². The minimum Gasteiger partial charge on any atom is -0.392 e. The van der Waals surface area contributed by atoms with Crippen LogP contribution in [-0.4, -0.2) is 30.4 Å². The summed E-state index contributed by atoms with van der Waals surface area (Å²) in [6, 6.07) is 2.89. The van der Waals surface area contributed by atoms with Gasteiger partial charge >= 0.3 is 0 Å². The van der Waals surface area contributed by atoms with Crippen LogP contribution in [-0.2, 0) is 16.6 Å². The first-order valence-electron chi connectivity index (χ1n) is 6.17. The molecule has 0 fully saturated rings. The maximum absolute atomic E-state index is 12.6. The highest BCUT2D eigenvalue weighted by atomic mass is 35.5. The lowest BCUT2D eigenvalue weighted by atomic mass is 10.1. The van der Waals surface area contributed by atoms with Crippen molar-refractivity contribution in [2.24, 2.45) is 0 Å². The van der Waals surface area contributed by atoms with Crippen LogP contribution >= 0.6 is 11.6 Å². The molecule has 0 radical (unpaired) electrons. The van der Waals surface area contributed by atoms with Crippen molar-refractivity contribution < 1.29 is 13.5 Å². The third kappa shape index (κ3) is 3.28. The molecule has 0 heterocycles. The van der Waals surface area contributed by atoms with E-state index in [9.17, 15) is 13.5 Å². The number of halogens is 1. The monoisotopic (exact) mass is 305 g/mol. The van der Waals surface area contributed by atoms with Gasteiger partial charge in [0.25, 0.3) is 0 Å². The molecule has 19 heavy (non-hydrogen) atoms. The number of hydrogen-bond donors (Lipinski definition) is 1. The van der Waals surface area contributed by atoms with Crippen molar-refractivity contribution in [1.29, 1.82) is 0 Å². The summed E-state index contributed by atoms with van der Waals surface area (Å²) >= 11 is 5.94. The fourth-order valence-corrected chi connectivity index (χ4v) is 4.33. The van der Waals surface area contributed by atoms with Gasteiger partial charge in [-0.1, -0.05) is 18.5 Å². The predicted octanol–water partition coefficient (Wildman–Crippen LogP) is 2.56. The maximum atomic E-state index is 12.6. The zero-order valence-electron chi connectivity index (χ0n) is 11.6. The average Bonchev–Trinajstić information content (AvgIpc) is 2.31. The fraction of sp³-hybridized carbons (Fsp3) is 0.538.